The number of fused-ring (bicyclic) bond motifs is 1. The van der Waals surface area contributed by atoms with E-state index in [1.165, 1.54) is 0 Å². The largest absolute Gasteiger partial charge is 0.491 e. The topological polar surface area (TPSA) is 60.6 Å². The third-order valence-corrected chi connectivity index (χ3v) is 5.03. The van der Waals surface area contributed by atoms with E-state index in [0.29, 0.717) is 22.2 Å². The number of hydrogen-bond donors (Lipinski definition) is 1. The Labute approximate surface area is 191 Å². The number of aromatic nitrogens is 1. The Morgan fingerprint density at radius 2 is 1.69 bits per heavy atom. The van der Waals surface area contributed by atoms with Crippen molar-refractivity contribution < 1.29 is 19.0 Å². The molecule has 3 aromatic carbocycles. The molecule has 6 heteroatoms. The molecule has 1 heterocycles. The predicted octanol–water partition coefficient (Wildman–Crippen LogP) is 7.24. The Morgan fingerprint density at radius 3 is 2.38 bits per heavy atom. The van der Waals surface area contributed by atoms with Crippen LogP contribution < -0.4 is 9.47 Å². The molecule has 0 aliphatic carbocycles. The lowest BCUT2D eigenvalue weighted by molar-refractivity contribution is 0.0521. The lowest BCUT2D eigenvalue weighted by Gasteiger charge is -2.11. The molecule has 1 aromatic heterocycles. The number of hydrogen-bond acceptors (Lipinski definition) is 4. The van der Waals surface area contributed by atoms with E-state index < -0.39 is 5.97 Å². The number of benzene rings is 3. The van der Waals surface area contributed by atoms with Gasteiger partial charge in [-0.15, -0.1) is 0 Å². The van der Waals surface area contributed by atoms with E-state index in [0.717, 1.165) is 27.8 Å². The van der Waals surface area contributed by atoms with Crippen molar-refractivity contribution in [2.24, 2.45) is 0 Å². The summed E-state index contributed by atoms with van der Waals surface area (Å²) in [4.78, 5) is 15.9. The lowest BCUT2D eigenvalue weighted by Crippen LogP contribution is -2.07. The first-order chi connectivity index (χ1) is 15.4. The molecule has 0 fully saturated rings. The highest BCUT2D eigenvalue weighted by atomic mass is 35.5. The molecule has 4 aromatic rings. The highest BCUT2D eigenvalue weighted by Crippen LogP contribution is 2.37. The summed E-state index contributed by atoms with van der Waals surface area (Å²) >= 11 is 6.08. The number of carbonyl (C=O) groups excluding carboxylic acids is 1. The van der Waals surface area contributed by atoms with Gasteiger partial charge in [0.15, 0.2) is 0 Å². The van der Waals surface area contributed by atoms with Gasteiger partial charge in [-0.2, -0.15) is 0 Å². The number of rotatable bonds is 7. The highest BCUT2D eigenvalue weighted by Gasteiger charge is 2.21. The van der Waals surface area contributed by atoms with E-state index in [2.05, 4.69) is 4.98 Å². The normalized spacial score (nSPS) is 11.0. The van der Waals surface area contributed by atoms with E-state index >= 15 is 0 Å². The number of esters is 1. The molecule has 0 saturated heterocycles. The fraction of sp³-hybridized carbons (Fsp3) is 0.192. The molecular formula is C26H24ClNO4. The van der Waals surface area contributed by atoms with Gasteiger partial charge in [-0.05, 0) is 74.9 Å². The first-order valence-electron chi connectivity index (χ1n) is 10.5. The van der Waals surface area contributed by atoms with E-state index in [-0.39, 0.29) is 12.7 Å². The number of ether oxygens (including phenoxy) is 3. The number of H-pyrrole nitrogens is 1. The second-order valence-corrected chi connectivity index (χ2v) is 7.99. The molecule has 0 unspecified atom stereocenters. The number of halogens is 1. The number of carbonyl (C=O) groups is 1. The van der Waals surface area contributed by atoms with Gasteiger partial charge in [0.25, 0.3) is 0 Å². The van der Waals surface area contributed by atoms with Gasteiger partial charge in [0, 0.05) is 21.5 Å². The third-order valence-electron chi connectivity index (χ3n) is 4.80. The van der Waals surface area contributed by atoms with Crippen LogP contribution >= 0.6 is 11.6 Å². The lowest BCUT2D eigenvalue weighted by atomic mass is 10.0. The highest BCUT2D eigenvalue weighted by molar-refractivity contribution is 6.30. The van der Waals surface area contributed by atoms with Crippen molar-refractivity contribution in [2.75, 3.05) is 6.61 Å². The van der Waals surface area contributed by atoms with Crippen molar-refractivity contribution in [1.82, 2.24) is 4.98 Å². The standard InChI is InChI=1S/C26H24ClNO4/c1-4-30-26(29)25-24(17-8-10-19(11-9-17)31-16(2)3)22-15-21(12-13-23(22)28-25)32-20-7-5-6-18(27)14-20/h5-16,28H,4H2,1-3H3. The van der Waals surface area contributed by atoms with Crippen LogP contribution in [-0.4, -0.2) is 23.7 Å². The van der Waals surface area contributed by atoms with Gasteiger partial charge in [0.2, 0.25) is 0 Å². The fourth-order valence-electron chi connectivity index (χ4n) is 3.53. The fourth-order valence-corrected chi connectivity index (χ4v) is 3.71. The van der Waals surface area contributed by atoms with E-state index in [1.54, 1.807) is 19.1 Å². The molecule has 0 amide bonds. The monoisotopic (exact) mass is 449 g/mol. The predicted molar refractivity (Wildman–Crippen MR) is 127 cm³/mol. The Bertz CT molecular complexity index is 1240. The van der Waals surface area contributed by atoms with Crippen molar-refractivity contribution in [1.29, 1.82) is 0 Å². The molecule has 0 saturated carbocycles. The van der Waals surface area contributed by atoms with Crippen molar-refractivity contribution >= 4 is 28.5 Å². The van der Waals surface area contributed by atoms with Crippen molar-refractivity contribution in [2.45, 2.75) is 26.9 Å². The molecule has 32 heavy (non-hydrogen) atoms. The van der Waals surface area contributed by atoms with E-state index in [4.69, 9.17) is 25.8 Å². The first kappa shape index (κ1) is 21.8. The van der Waals surface area contributed by atoms with Gasteiger partial charge in [-0.25, -0.2) is 4.79 Å². The summed E-state index contributed by atoms with van der Waals surface area (Å²) in [5.41, 5.74) is 2.84. The zero-order chi connectivity index (χ0) is 22.7. The minimum atomic E-state index is -0.404. The van der Waals surface area contributed by atoms with E-state index in [1.807, 2.05) is 68.4 Å². The summed E-state index contributed by atoms with van der Waals surface area (Å²) in [6.45, 7) is 6.04. The van der Waals surface area contributed by atoms with Crippen LogP contribution in [-0.2, 0) is 4.74 Å². The minimum Gasteiger partial charge on any atom is -0.491 e. The van der Waals surface area contributed by atoms with Crippen molar-refractivity contribution in [3.05, 3.63) is 77.4 Å². The smallest absolute Gasteiger partial charge is 0.355 e. The van der Waals surface area contributed by atoms with Gasteiger partial charge in [-0.3, -0.25) is 0 Å². The molecule has 0 atom stereocenters. The molecule has 0 aliphatic rings. The molecule has 164 valence electrons. The third kappa shape index (κ3) is 4.73. The Balaban J connectivity index is 1.79. The summed E-state index contributed by atoms with van der Waals surface area (Å²) in [6.07, 6.45) is 0.0789. The van der Waals surface area contributed by atoms with Gasteiger partial charge in [-0.1, -0.05) is 29.8 Å². The molecule has 0 radical (unpaired) electrons. The van der Waals surface area contributed by atoms with Crippen LogP contribution in [0.1, 0.15) is 31.3 Å². The summed E-state index contributed by atoms with van der Waals surface area (Å²) in [5, 5.41) is 1.45. The van der Waals surface area contributed by atoms with Crippen LogP contribution in [0.25, 0.3) is 22.0 Å². The molecular weight excluding hydrogens is 426 g/mol. The van der Waals surface area contributed by atoms with E-state index in [9.17, 15) is 4.79 Å². The van der Waals surface area contributed by atoms with Gasteiger partial charge in [0.1, 0.15) is 22.9 Å². The minimum absolute atomic E-state index is 0.0789. The second-order valence-electron chi connectivity index (χ2n) is 7.55. The second kappa shape index (κ2) is 9.37. The average molecular weight is 450 g/mol. The van der Waals surface area contributed by atoms with Crippen LogP contribution in [0.2, 0.25) is 5.02 Å². The Hall–Kier alpha value is -3.44. The van der Waals surface area contributed by atoms with Crippen LogP contribution in [0.5, 0.6) is 17.2 Å². The molecule has 1 N–H and O–H groups in total. The van der Waals surface area contributed by atoms with Gasteiger partial charge in [0.05, 0.1) is 12.7 Å². The zero-order valence-corrected chi connectivity index (χ0v) is 18.9. The maximum atomic E-state index is 12.7. The summed E-state index contributed by atoms with van der Waals surface area (Å²) in [7, 11) is 0. The quantitative estimate of drug-likeness (QED) is 0.302. The molecule has 4 rings (SSSR count). The maximum Gasteiger partial charge on any atom is 0.355 e. The van der Waals surface area contributed by atoms with Gasteiger partial charge >= 0.3 is 5.97 Å². The van der Waals surface area contributed by atoms with Crippen molar-refractivity contribution in [3.63, 3.8) is 0 Å². The Kier molecular flexibility index (Phi) is 6.37. The Morgan fingerprint density at radius 1 is 0.969 bits per heavy atom. The van der Waals surface area contributed by atoms with Crippen LogP contribution in [0.4, 0.5) is 0 Å². The van der Waals surface area contributed by atoms with Crippen molar-refractivity contribution in [3.8, 4) is 28.4 Å². The SMILES string of the molecule is CCOC(=O)c1[nH]c2ccc(Oc3cccc(Cl)c3)cc2c1-c1ccc(OC(C)C)cc1. The first-order valence-corrected chi connectivity index (χ1v) is 10.9. The number of aromatic amines is 1. The number of nitrogens with one attached hydrogen (secondary N) is 1. The molecule has 0 aliphatic heterocycles. The summed E-state index contributed by atoms with van der Waals surface area (Å²) in [5.74, 6) is 1.63. The van der Waals surface area contributed by atoms with Crippen LogP contribution in [0.3, 0.4) is 0 Å². The van der Waals surface area contributed by atoms with Crippen LogP contribution in [0.15, 0.2) is 66.7 Å². The average Bonchev–Trinajstić information content (AvgIpc) is 3.13. The summed E-state index contributed by atoms with van der Waals surface area (Å²) < 4.78 is 17.1. The van der Waals surface area contributed by atoms with Crippen LogP contribution in [0, 0.1) is 0 Å². The van der Waals surface area contributed by atoms with Gasteiger partial charge < -0.3 is 19.2 Å². The maximum absolute atomic E-state index is 12.7. The molecule has 0 spiro atoms. The molecule has 5 nitrogen and oxygen atoms in total. The molecule has 0 bridgehead atoms. The zero-order valence-electron chi connectivity index (χ0n) is 18.1. The summed E-state index contributed by atoms with van der Waals surface area (Å²) in [6, 6.07) is 20.5.